The first kappa shape index (κ1) is 37.1. The van der Waals surface area contributed by atoms with Crippen LogP contribution in [0.2, 0.25) is 36.3 Å². The van der Waals surface area contributed by atoms with E-state index in [1.165, 1.54) is 6.92 Å². The molecule has 1 aromatic carbocycles. The highest BCUT2D eigenvalue weighted by Gasteiger charge is 2.62. The van der Waals surface area contributed by atoms with Gasteiger partial charge in [-0.2, -0.15) is 0 Å². The smallest absolute Gasteiger partial charge is 0.302 e. The summed E-state index contributed by atoms with van der Waals surface area (Å²) in [5.41, 5.74) is -1.52. The molecular formula is C32H58O8Si2. The van der Waals surface area contributed by atoms with Gasteiger partial charge in [0, 0.05) is 31.3 Å². The van der Waals surface area contributed by atoms with Crippen LogP contribution >= 0.6 is 0 Å². The molecule has 0 saturated heterocycles. The maximum absolute atomic E-state index is 12.2. The standard InChI is InChI=1S/C32H58O8Si2/c1-24(33)38-22-32(35)26(20-39-41(9,10)29(2,3)4)31(8,21-37-23-36-19-25-16-14-13-15-17-25)28(18-27(32)34)40-42(11,12)30(5,6)7/h13-17,26-28,34-35H,18-23H2,1-12H3/t26-,27-,28-,31-,32+/m0/s1. The van der Waals surface area contributed by atoms with Crippen LogP contribution in [0.25, 0.3) is 0 Å². The van der Waals surface area contributed by atoms with Gasteiger partial charge in [0.1, 0.15) is 19.0 Å². The Hall–Kier alpha value is -1.12. The number of ether oxygens (including phenoxy) is 3. The molecule has 0 radical (unpaired) electrons. The molecule has 0 bridgehead atoms. The van der Waals surface area contributed by atoms with Gasteiger partial charge in [-0.25, -0.2) is 0 Å². The fourth-order valence-corrected chi connectivity index (χ4v) is 7.37. The van der Waals surface area contributed by atoms with Crippen molar-refractivity contribution in [1.29, 1.82) is 0 Å². The number of carbonyl (C=O) groups is 1. The Labute approximate surface area is 256 Å². The van der Waals surface area contributed by atoms with E-state index in [9.17, 15) is 15.0 Å². The summed E-state index contributed by atoms with van der Waals surface area (Å²) in [6.45, 7) is 25.5. The number of hydrogen-bond donors (Lipinski definition) is 2. The number of hydrogen-bond acceptors (Lipinski definition) is 8. The zero-order valence-electron chi connectivity index (χ0n) is 28.2. The molecule has 10 heteroatoms. The normalized spacial score (nSPS) is 27.6. The Morgan fingerprint density at radius 3 is 2.05 bits per heavy atom. The number of aliphatic hydroxyl groups is 2. The first-order valence-electron chi connectivity index (χ1n) is 15.1. The van der Waals surface area contributed by atoms with Gasteiger partial charge in [-0.1, -0.05) is 78.8 Å². The van der Waals surface area contributed by atoms with Crippen LogP contribution in [-0.4, -0.2) is 77.2 Å². The quantitative estimate of drug-likeness (QED) is 0.114. The van der Waals surface area contributed by atoms with Gasteiger partial charge in [-0.3, -0.25) is 4.79 Å². The lowest BCUT2D eigenvalue weighted by atomic mass is 9.58. The molecule has 1 aliphatic carbocycles. The highest BCUT2D eigenvalue weighted by Crippen LogP contribution is 2.52. The second kappa shape index (κ2) is 13.9. The Morgan fingerprint density at radius 1 is 0.952 bits per heavy atom. The minimum absolute atomic E-state index is 0.0536. The topological polar surface area (TPSA) is 104 Å². The molecule has 1 saturated carbocycles. The molecule has 0 unspecified atom stereocenters. The van der Waals surface area contributed by atoms with Crippen molar-refractivity contribution in [2.75, 3.05) is 26.6 Å². The van der Waals surface area contributed by atoms with E-state index in [1.807, 2.05) is 37.3 Å². The van der Waals surface area contributed by atoms with Crippen molar-refractivity contribution in [1.82, 2.24) is 0 Å². The second-order valence-electron chi connectivity index (χ2n) is 15.3. The van der Waals surface area contributed by atoms with E-state index in [2.05, 4.69) is 67.7 Å². The van der Waals surface area contributed by atoms with Crippen LogP contribution < -0.4 is 0 Å². The summed E-state index contributed by atoms with van der Waals surface area (Å²) in [5.74, 6) is -1.18. The number of benzene rings is 1. The maximum atomic E-state index is 12.2. The summed E-state index contributed by atoms with van der Waals surface area (Å²) in [6, 6.07) is 9.89. The van der Waals surface area contributed by atoms with Crippen LogP contribution in [0.1, 0.15) is 67.4 Å². The fraction of sp³-hybridized carbons (Fsp3) is 0.781. The van der Waals surface area contributed by atoms with Crippen molar-refractivity contribution >= 4 is 22.6 Å². The van der Waals surface area contributed by atoms with Gasteiger partial charge in [-0.15, -0.1) is 0 Å². The minimum atomic E-state index is -2.31. The summed E-state index contributed by atoms with van der Waals surface area (Å²) in [4.78, 5) is 11.9. The van der Waals surface area contributed by atoms with Gasteiger partial charge in [0.25, 0.3) is 0 Å². The van der Waals surface area contributed by atoms with E-state index >= 15 is 0 Å². The molecular weight excluding hydrogens is 569 g/mol. The van der Waals surface area contributed by atoms with E-state index < -0.39 is 51.7 Å². The monoisotopic (exact) mass is 626 g/mol. The van der Waals surface area contributed by atoms with Crippen LogP contribution in [-0.2, 0) is 34.5 Å². The van der Waals surface area contributed by atoms with Crippen molar-refractivity contribution < 1.29 is 38.1 Å². The largest absolute Gasteiger partial charge is 0.463 e. The molecule has 1 aromatic rings. The average Bonchev–Trinajstić information content (AvgIpc) is 2.85. The predicted molar refractivity (Wildman–Crippen MR) is 171 cm³/mol. The SMILES string of the molecule is CC(=O)OC[C@]1(O)[C@@H](O)C[C@H](O[Si](C)(C)C(C)(C)C)[C@@](C)(COCOCc2ccccc2)[C@@H]1CO[Si](C)(C)C(C)(C)C. The molecule has 0 aliphatic heterocycles. The molecule has 1 aliphatic rings. The molecule has 0 heterocycles. The Kier molecular flexibility index (Phi) is 12.3. The van der Waals surface area contributed by atoms with Crippen LogP contribution in [0.4, 0.5) is 0 Å². The lowest BCUT2D eigenvalue weighted by molar-refractivity contribution is -0.250. The van der Waals surface area contributed by atoms with Gasteiger partial charge in [0.05, 0.1) is 25.4 Å². The molecule has 5 atom stereocenters. The molecule has 0 amide bonds. The van der Waals surface area contributed by atoms with Crippen molar-refractivity contribution in [3.05, 3.63) is 35.9 Å². The van der Waals surface area contributed by atoms with Gasteiger partial charge in [-0.05, 0) is 41.8 Å². The van der Waals surface area contributed by atoms with E-state index in [0.29, 0.717) is 6.61 Å². The van der Waals surface area contributed by atoms with Crippen molar-refractivity contribution in [3.63, 3.8) is 0 Å². The molecule has 0 spiro atoms. The Bertz CT molecular complexity index is 1000. The second-order valence-corrected chi connectivity index (χ2v) is 24.9. The lowest BCUT2D eigenvalue weighted by Gasteiger charge is -2.58. The number of rotatable bonds is 13. The molecule has 2 rings (SSSR count). The molecule has 8 nitrogen and oxygen atoms in total. The van der Waals surface area contributed by atoms with Crippen LogP contribution in [0.5, 0.6) is 0 Å². The zero-order chi connectivity index (χ0) is 32.2. The fourth-order valence-electron chi connectivity index (χ4n) is 4.92. The first-order chi connectivity index (χ1) is 19.1. The summed E-state index contributed by atoms with van der Waals surface area (Å²) in [7, 11) is -4.57. The van der Waals surface area contributed by atoms with E-state index in [0.717, 1.165) is 5.56 Å². The third-order valence-electron chi connectivity index (χ3n) is 10.0. The molecule has 2 N–H and O–H groups in total. The number of aliphatic hydroxyl groups excluding tert-OH is 1. The van der Waals surface area contributed by atoms with Gasteiger partial charge >= 0.3 is 5.97 Å². The summed E-state index contributed by atoms with van der Waals surface area (Å²) >= 11 is 0. The molecule has 242 valence electrons. The van der Waals surface area contributed by atoms with Crippen LogP contribution in [0.15, 0.2) is 30.3 Å². The van der Waals surface area contributed by atoms with E-state index in [1.54, 1.807) is 0 Å². The average molecular weight is 627 g/mol. The summed E-state index contributed by atoms with van der Waals surface area (Å²) in [5, 5.41) is 23.6. The highest BCUT2D eigenvalue weighted by atomic mass is 28.4. The van der Waals surface area contributed by atoms with E-state index in [4.69, 9.17) is 23.1 Å². The lowest BCUT2D eigenvalue weighted by Crippen LogP contribution is -2.69. The highest BCUT2D eigenvalue weighted by molar-refractivity contribution is 6.74. The zero-order valence-corrected chi connectivity index (χ0v) is 30.2. The molecule has 1 fully saturated rings. The summed E-state index contributed by atoms with van der Waals surface area (Å²) < 4.78 is 31.1. The minimum Gasteiger partial charge on any atom is -0.463 e. The molecule has 0 aromatic heterocycles. The van der Waals surface area contributed by atoms with Crippen molar-refractivity contribution in [2.24, 2.45) is 11.3 Å². The van der Waals surface area contributed by atoms with Crippen molar-refractivity contribution in [2.45, 2.75) is 122 Å². The van der Waals surface area contributed by atoms with Gasteiger partial charge in [0.15, 0.2) is 16.6 Å². The van der Waals surface area contributed by atoms with Crippen LogP contribution in [0, 0.1) is 11.3 Å². The third-order valence-corrected chi connectivity index (χ3v) is 19.0. The molecule has 42 heavy (non-hydrogen) atoms. The third kappa shape index (κ3) is 8.97. The number of carbonyl (C=O) groups excluding carboxylic acids is 1. The first-order valence-corrected chi connectivity index (χ1v) is 20.9. The van der Waals surface area contributed by atoms with Gasteiger partial charge < -0.3 is 33.3 Å². The predicted octanol–water partition coefficient (Wildman–Crippen LogP) is 6.27. The maximum Gasteiger partial charge on any atom is 0.302 e. The summed E-state index contributed by atoms with van der Waals surface area (Å²) in [6.07, 6.45) is -1.46. The Morgan fingerprint density at radius 2 is 1.52 bits per heavy atom. The Balaban J connectivity index is 2.47. The number of esters is 1. The van der Waals surface area contributed by atoms with E-state index in [-0.39, 0.29) is 43.1 Å². The van der Waals surface area contributed by atoms with Crippen molar-refractivity contribution in [3.8, 4) is 0 Å². The van der Waals surface area contributed by atoms with Crippen LogP contribution in [0.3, 0.4) is 0 Å². The van der Waals surface area contributed by atoms with Gasteiger partial charge in [0.2, 0.25) is 0 Å².